The number of hydrogen-bond donors (Lipinski definition) is 2. The van der Waals surface area contributed by atoms with Crippen molar-refractivity contribution in [3.05, 3.63) is 77.1 Å². The standard InChI is InChI=1S/C21H21FN2O2/c1-14-9-15(4-8-20(14)22)12-23-21(25)24-13-16-3-5-18-11-19(26-2)7-6-17(18)10-16/h3-11H,12-13H2,1-2H3,(H2,23,24,25). The van der Waals surface area contributed by atoms with E-state index < -0.39 is 0 Å². The zero-order chi connectivity index (χ0) is 18.5. The first-order valence-corrected chi connectivity index (χ1v) is 8.38. The molecule has 3 aromatic carbocycles. The van der Waals surface area contributed by atoms with Gasteiger partial charge in [0.2, 0.25) is 0 Å². The smallest absolute Gasteiger partial charge is 0.315 e. The molecule has 2 amide bonds. The third-order valence-electron chi connectivity index (χ3n) is 4.24. The van der Waals surface area contributed by atoms with E-state index >= 15 is 0 Å². The summed E-state index contributed by atoms with van der Waals surface area (Å²) in [6, 6.07) is 16.5. The van der Waals surface area contributed by atoms with E-state index in [-0.39, 0.29) is 11.8 Å². The van der Waals surface area contributed by atoms with Crippen molar-refractivity contribution < 1.29 is 13.9 Å². The van der Waals surface area contributed by atoms with Gasteiger partial charge in [-0.1, -0.05) is 30.3 Å². The van der Waals surface area contributed by atoms with Gasteiger partial charge in [-0.25, -0.2) is 9.18 Å². The van der Waals surface area contributed by atoms with E-state index in [4.69, 9.17) is 4.74 Å². The highest BCUT2D eigenvalue weighted by molar-refractivity contribution is 5.84. The Morgan fingerprint density at radius 3 is 2.23 bits per heavy atom. The van der Waals surface area contributed by atoms with Gasteiger partial charge in [0.15, 0.2) is 0 Å². The van der Waals surface area contributed by atoms with Crippen LogP contribution in [0.2, 0.25) is 0 Å². The molecule has 0 aliphatic heterocycles. The molecule has 134 valence electrons. The molecule has 0 saturated carbocycles. The Labute approximate surface area is 152 Å². The summed E-state index contributed by atoms with van der Waals surface area (Å²) in [5, 5.41) is 7.79. The van der Waals surface area contributed by atoms with Gasteiger partial charge in [-0.05, 0) is 58.7 Å². The van der Waals surface area contributed by atoms with Gasteiger partial charge < -0.3 is 15.4 Å². The van der Waals surface area contributed by atoms with Crippen molar-refractivity contribution >= 4 is 16.8 Å². The number of halogens is 1. The molecule has 2 N–H and O–H groups in total. The number of urea groups is 1. The lowest BCUT2D eigenvalue weighted by Gasteiger charge is -2.09. The molecule has 3 aromatic rings. The number of benzene rings is 3. The van der Waals surface area contributed by atoms with Crippen LogP contribution in [0.5, 0.6) is 5.75 Å². The molecular formula is C21H21FN2O2. The number of fused-ring (bicyclic) bond motifs is 1. The summed E-state index contributed by atoms with van der Waals surface area (Å²) in [7, 11) is 1.64. The Bertz CT molecular complexity index is 940. The maximum atomic E-state index is 13.3. The molecule has 0 radical (unpaired) electrons. The van der Waals surface area contributed by atoms with Crippen molar-refractivity contribution in [2.75, 3.05) is 7.11 Å². The van der Waals surface area contributed by atoms with Gasteiger partial charge in [-0.15, -0.1) is 0 Å². The molecule has 0 aliphatic rings. The highest BCUT2D eigenvalue weighted by atomic mass is 19.1. The number of carbonyl (C=O) groups is 1. The van der Waals surface area contributed by atoms with Crippen LogP contribution in [-0.4, -0.2) is 13.1 Å². The third-order valence-corrected chi connectivity index (χ3v) is 4.24. The maximum absolute atomic E-state index is 13.3. The summed E-state index contributed by atoms with van der Waals surface area (Å²) in [5.41, 5.74) is 2.44. The predicted octanol–water partition coefficient (Wildman–Crippen LogP) is 4.30. The number of rotatable bonds is 5. The average molecular weight is 352 g/mol. The molecule has 0 unspecified atom stereocenters. The molecule has 0 heterocycles. The fourth-order valence-corrected chi connectivity index (χ4v) is 2.75. The Balaban J connectivity index is 1.55. The zero-order valence-corrected chi connectivity index (χ0v) is 14.8. The van der Waals surface area contributed by atoms with Crippen molar-refractivity contribution in [3.63, 3.8) is 0 Å². The molecule has 0 bridgehead atoms. The van der Waals surface area contributed by atoms with Crippen LogP contribution in [0.25, 0.3) is 10.8 Å². The average Bonchev–Trinajstić information content (AvgIpc) is 2.66. The Morgan fingerprint density at radius 1 is 0.923 bits per heavy atom. The van der Waals surface area contributed by atoms with E-state index in [1.54, 1.807) is 26.2 Å². The number of ether oxygens (including phenoxy) is 1. The molecule has 5 heteroatoms. The van der Waals surface area contributed by atoms with Gasteiger partial charge in [0.05, 0.1) is 7.11 Å². The van der Waals surface area contributed by atoms with Gasteiger partial charge in [0.1, 0.15) is 11.6 Å². The quantitative estimate of drug-likeness (QED) is 0.719. The molecular weight excluding hydrogens is 331 g/mol. The van der Waals surface area contributed by atoms with Crippen LogP contribution in [0, 0.1) is 12.7 Å². The van der Waals surface area contributed by atoms with E-state index in [9.17, 15) is 9.18 Å². The molecule has 0 spiro atoms. The SMILES string of the molecule is COc1ccc2cc(CNC(=O)NCc3ccc(F)c(C)c3)ccc2c1. The minimum absolute atomic E-state index is 0.243. The normalized spacial score (nSPS) is 10.6. The van der Waals surface area contributed by atoms with Gasteiger partial charge in [-0.2, -0.15) is 0 Å². The number of aryl methyl sites for hydroxylation is 1. The number of methoxy groups -OCH3 is 1. The second-order valence-electron chi connectivity index (χ2n) is 6.17. The van der Waals surface area contributed by atoms with E-state index in [0.717, 1.165) is 27.6 Å². The van der Waals surface area contributed by atoms with Crippen LogP contribution < -0.4 is 15.4 Å². The summed E-state index contributed by atoms with van der Waals surface area (Å²) in [6.07, 6.45) is 0. The van der Waals surface area contributed by atoms with Crippen LogP contribution in [0.4, 0.5) is 9.18 Å². The summed E-state index contributed by atoms with van der Waals surface area (Å²) in [6.45, 7) is 2.48. The van der Waals surface area contributed by atoms with Crippen molar-refractivity contribution in [3.8, 4) is 5.75 Å². The fraction of sp³-hybridized carbons (Fsp3) is 0.190. The second-order valence-corrected chi connectivity index (χ2v) is 6.17. The predicted molar refractivity (Wildman–Crippen MR) is 101 cm³/mol. The molecule has 0 saturated heterocycles. The minimum Gasteiger partial charge on any atom is -0.497 e. The van der Waals surface area contributed by atoms with Crippen molar-refractivity contribution in [2.45, 2.75) is 20.0 Å². The van der Waals surface area contributed by atoms with Gasteiger partial charge in [-0.3, -0.25) is 0 Å². The summed E-state index contributed by atoms with van der Waals surface area (Å²) >= 11 is 0. The topological polar surface area (TPSA) is 50.4 Å². The maximum Gasteiger partial charge on any atom is 0.315 e. The number of carbonyl (C=O) groups excluding carboxylic acids is 1. The van der Waals surface area contributed by atoms with Crippen LogP contribution in [0.1, 0.15) is 16.7 Å². The Hall–Kier alpha value is -3.08. The van der Waals surface area contributed by atoms with Crippen LogP contribution in [0.15, 0.2) is 54.6 Å². The van der Waals surface area contributed by atoms with E-state index in [2.05, 4.69) is 10.6 Å². The fourth-order valence-electron chi connectivity index (χ4n) is 2.75. The highest BCUT2D eigenvalue weighted by Crippen LogP contribution is 2.21. The lowest BCUT2D eigenvalue weighted by atomic mass is 10.1. The Kier molecular flexibility index (Phi) is 5.37. The molecule has 3 rings (SSSR count). The lowest BCUT2D eigenvalue weighted by molar-refractivity contribution is 0.240. The third kappa shape index (κ3) is 4.30. The van der Waals surface area contributed by atoms with Crippen molar-refractivity contribution in [1.82, 2.24) is 10.6 Å². The zero-order valence-electron chi connectivity index (χ0n) is 14.8. The van der Waals surface area contributed by atoms with Gasteiger partial charge >= 0.3 is 6.03 Å². The van der Waals surface area contributed by atoms with E-state index in [1.807, 2.05) is 36.4 Å². The van der Waals surface area contributed by atoms with E-state index in [1.165, 1.54) is 6.07 Å². The first-order valence-electron chi connectivity index (χ1n) is 8.38. The van der Waals surface area contributed by atoms with E-state index in [0.29, 0.717) is 18.7 Å². The van der Waals surface area contributed by atoms with Gasteiger partial charge in [0, 0.05) is 13.1 Å². The lowest BCUT2D eigenvalue weighted by Crippen LogP contribution is -2.34. The minimum atomic E-state index is -0.262. The van der Waals surface area contributed by atoms with Crippen molar-refractivity contribution in [1.29, 1.82) is 0 Å². The summed E-state index contributed by atoms with van der Waals surface area (Å²) in [4.78, 5) is 12.0. The van der Waals surface area contributed by atoms with Crippen LogP contribution in [-0.2, 0) is 13.1 Å². The molecule has 0 fully saturated rings. The first kappa shape index (κ1) is 17.7. The molecule has 0 aliphatic carbocycles. The number of hydrogen-bond acceptors (Lipinski definition) is 2. The van der Waals surface area contributed by atoms with Crippen LogP contribution in [0.3, 0.4) is 0 Å². The number of nitrogens with one attached hydrogen (secondary N) is 2. The van der Waals surface area contributed by atoms with Crippen molar-refractivity contribution in [2.24, 2.45) is 0 Å². The Morgan fingerprint density at radius 2 is 1.54 bits per heavy atom. The number of amides is 2. The largest absolute Gasteiger partial charge is 0.497 e. The molecule has 0 atom stereocenters. The van der Waals surface area contributed by atoms with Gasteiger partial charge in [0.25, 0.3) is 0 Å². The van der Waals surface area contributed by atoms with Crippen LogP contribution >= 0.6 is 0 Å². The molecule has 4 nitrogen and oxygen atoms in total. The molecule has 26 heavy (non-hydrogen) atoms. The second kappa shape index (κ2) is 7.87. The first-order chi connectivity index (χ1) is 12.5. The molecule has 0 aromatic heterocycles. The summed E-state index contributed by atoms with van der Waals surface area (Å²) in [5.74, 6) is 0.575. The monoisotopic (exact) mass is 352 g/mol. The summed E-state index contributed by atoms with van der Waals surface area (Å²) < 4.78 is 18.5. The highest BCUT2D eigenvalue weighted by Gasteiger charge is 2.04.